The Kier molecular flexibility index (Phi) is 4.55. The summed E-state index contributed by atoms with van der Waals surface area (Å²) in [4.78, 5) is 12.4. The quantitative estimate of drug-likeness (QED) is 0.835. The Morgan fingerprint density at radius 3 is 2.50 bits per heavy atom. The molecule has 0 bridgehead atoms. The molecule has 0 radical (unpaired) electrons. The first kappa shape index (κ1) is 15.5. The summed E-state index contributed by atoms with van der Waals surface area (Å²) in [5.41, 5.74) is 6.42. The van der Waals surface area contributed by atoms with E-state index >= 15 is 0 Å². The summed E-state index contributed by atoms with van der Waals surface area (Å²) in [6, 6.07) is 7.60. The molecule has 20 heavy (non-hydrogen) atoms. The highest BCUT2D eigenvalue weighted by Gasteiger charge is 2.42. The van der Waals surface area contributed by atoms with E-state index in [1.807, 2.05) is 24.3 Å². The molecular formula is C16H23BrN2O. The summed E-state index contributed by atoms with van der Waals surface area (Å²) in [6.45, 7) is 4.71. The molecular weight excluding hydrogens is 316 g/mol. The summed E-state index contributed by atoms with van der Waals surface area (Å²) in [6.07, 6.45) is 4.80. The van der Waals surface area contributed by atoms with Gasteiger partial charge in [-0.1, -0.05) is 41.4 Å². The molecule has 0 saturated heterocycles. The van der Waals surface area contributed by atoms with Gasteiger partial charge in [-0.2, -0.15) is 0 Å². The number of benzene rings is 1. The third kappa shape index (κ3) is 3.41. The molecule has 3 nitrogen and oxygen atoms in total. The Labute approximate surface area is 129 Å². The van der Waals surface area contributed by atoms with Gasteiger partial charge in [0.25, 0.3) is 0 Å². The van der Waals surface area contributed by atoms with Crippen molar-refractivity contribution in [1.82, 2.24) is 5.32 Å². The topological polar surface area (TPSA) is 55.1 Å². The van der Waals surface area contributed by atoms with Gasteiger partial charge in [0.15, 0.2) is 0 Å². The standard InChI is InChI=1S/C16H23BrN2O/c1-3-8-16(9-10-16)11-19-14(20)15(2,18)12-4-6-13(17)7-5-12/h4-7H,3,8-11,18H2,1-2H3,(H,19,20). The summed E-state index contributed by atoms with van der Waals surface area (Å²) >= 11 is 3.39. The van der Waals surface area contributed by atoms with Gasteiger partial charge in [-0.3, -0.25) is 4.79 Å². The zero-order valence-corrected chi connectivity index (χ0v) is 13.8. The number of nitrogens with two attached hydrogens (primary N) is 1. The van der Waals surface area contributed by atoms with Crippen molar-refractivity contribution in [2.45, 2.75) is 45.1 Å². The highest BCUT2D eigenvalue weighted by molar-refractivity contribution is 9.10. The number of carbonyl (C=O) groups is 1. The van der Waals surface area contributed by atoms with E-state index in [0.717, 1.165) is 16.6 Å². The average molecular weight is 339 g/mol. The molecule has 0 aromatic heterocycles. The van der Waals surface area contributed by atoms with Crippen LogP contribution in [0.3, 0.4) is 0 Å². The van der Waals surface area contributed by atoms with E-state index in [9.17, 15) is 4.79 Å². The molecule has 1 amide bonds. The van der Waals surface area contributed by atoms with Gasteiger partial charge in [0.1, 0.15) is 5.54 Å². The summed E-state index contributed by atoms with van der Waals surface area (Å²) in [5, 5.41) is 3.05. The van der Waals surface area contributed by atoms with Gasteiger partial charge in [0, 0.05) is 11.0 Å². The van der Waals surface area contributed by atoms with E-state index in [2.05, 4.69) is 28.2 Å². The third-order valence-corrected chi connectivity index (χ3v) is 4.81. The van der Waals surface area contributed by atoms with E-state index in [-0.39, 0.29) is 5.91 Å². The van der Waals surface area contributed by atoms with Gasteiger partial charge in [0.2, 0.25) is 5.91 Å². The fourth-order valence-electron chi connectivity index (χ4n) is 2.60. The van der Waals surface area contributed by atoms with Crippen LogP contribution in [-0.4, -0.2) is 12.5 Å². The Balaban J connectivity index is 1.98. The summed E-state index contributed by atoms with van der Waals surface area (Å²) in [5.74, 6) is -0.0952. The molecule has 1 aliphatic carbocycles. The number of carbonyl (C=O) groups excluding carboxylic acids is 1. The lowest BCUT2D eigenvalue weighted by atomic mass is 9.91. The largest absolute Gasteiger partial charge is 0.354 e. The molecule has 1 atom stereocenters. The maximum absolute atomic E-state index is 12.4. The van der Waals surface area contributed by atoms with Crippen LogP contribution < -0.4 is 11.1 Å². The summed E-state index contributed by atoms with van der Waals surface area (Å²) < 4.78 is 0.984. The smallest absolute Gasteiger partial charge is 0.244 e. The van der Waals surface area contributed by atoms with Crippen LogP contribution in [0.15, 0.2) is 28.7 Å². The molecule has 0 heterocycles. The molecule has 110 valence electrons. The Morgan fingerprint density at radius 1 is 1.40 bits per heavy atom. The van der Waals surface area contributed by atoms with Crippen molar-refractivity contribution in [3.05, 3.63) is 34.3 Å². The molecule has 3 N–H and O–H groups in total. The molecule has 1 aromatic rings. The minimum absolute atomic E-state index is 0.0952. The molecule has 4 heteroatoms. The predicted octanol–water partition coefficient (Wildman–Crippen LogP) is 3.32. The van der Waals surface area contributed by atoms with Crippen molar-refractivity contribution < 1.29 is 4.79 Å². The summed E-state index contributed by atoms with van der Waals surface area (Å²) in [7, 11) is 0. The van der Waals surface area contributed by atoms with E-state index in [0.29, 0.717) is 5.41 Å². The molecule has 0 spiro atoms. The van der Waals surface area contributed by atoms with Gasteiger partial charge < -0.3 is 11.1 Å². The van der Waals surface area contributed by atoms with E-state index < -0.39 is 5.54 Å². The van der Waals surface area contributed by atoms with E-state index in [1.165, 1.54) is 25.7 Å². The van der Waals surface area contributed by atoms with Crippen molar-refractivity contribution >= 4 is 21.8 Å². The second kappa shape index (κ2) is 5.86. The van der Waals surface area contributed by atoms with Crippen LogP contribution in [0, 0.1) is 5.41 Å². The van der Waals surface area contributed by atoms with Crippen molar-refractivity contribution in [3.63, 3.8) is 0 Å². The first-order valence-electron chi connectivity index (χ1n) is 7.23. The van der Waals surface area contributed by atoms with Crippen LogP contribution in [0.4, 0.5) is 0 Å². The van der Waals surface area contributed by atoms with Crippen LogP contribution in [0.2, 0.25) is 0 Å². The first-order chi connectivity index (χ1) is 9.39. The van der Waals surface area contributed by atoms with Crippen LogP contribution in [0.5, 0.6) is 0 Å². The lowest BCUT2D eigenvalue weighted by Crippen LogP contribution is -2.50. The van der Waals surface area contributed by atoms with E-state index in [1.54, 1.807) is 6.92 Å². The van der Waals surface area contributed by atoms with Crippen LogP contribution in [0.25, 0.3) is 0 Å². The Morgan fingerprint density at radius 2 is 2.00 bits per heavy atom. The second-order valence-corrected chi connectivity index (χ2v) is 7.06. The number of amides is 1. The molecule has 1 aliphatic rings. The zero-order chi connectivity index (χ0) is 14.8. The Bertz CT molecular complexity index is 478. The SMILES string of the molecule is CCCC1(CNC(=O)C(C)(N)c2ccc(Br)cc2)CC1. The molecule has 0 aliphatic heterocycles. The molecule has 1 aromatic carbocycles. The molecule has 1 unspecified atom stereocenters. The minimum atomic E-state index is -0.983. The first-order valence-corrected chi connectivity index (χ1v) is 8.02. The van der Waals surface area contributed by atoms with Gasteiger partial charge in [-0.15, -0.1) is 0 Å². The molecule has 1 saturated carbocycles. The van der Waals surface area contributed by atoms with Gasteiger partial charge in [-0.05, 0) is 49.3 Å². The fraction of sp³-hybridized carbons (Fsp3) is 0.562. The maximum atomic E-state index is 12.4. The van der Waals surface area contributed by atoms with Crippen molar-refractivity contribution in [2.24, 2.45) is 11.1 Å². The van der Waals surface area contributed by atoms with Crippen molar-refractivity contribution in [3.8, 4) is 0 Å². The average Bonchev–Trinajstić information content (AvgIpc) is 3.17. The lowest BCUT2D eigenvalue weighted by molar-refractivity contribution is -0.126. The number of hydrogen-bond acceptors (Lipinski definition) is 2. The number of nitrogens with one attached hydrogen (secondary N) is 1. The second-order valence-electron chi connectivity index (χ2n) is 6.14. The number of hydrogen-bond donors (Lipinski definition) is 2. The minimum Gasteiger partial charge on any atom is -0.354 e. The van der Waals surface area contributed by atoms with Crippen molar-refractivity contribution in [2.75, 3.05) is 6.54 Å². The molecule has 2 rings (SSSR count). The number of rotatable bonds is 6. The predicted molar refractivity (Wildman–Crippen MR) is 85.3 cm³/mol. The molecule has 1 fully saturated rings. The highest BCUT2D eigenvalue weighted by atomic mass is 79.9. The number of halogens is 1. The van der Waals surface area contributed by atoms with Crippen molar-refractivity contribution in [1.29, 1.82) is 0 Å². The monoisotopic (exact) mass is 338 g/mol. The third-order valence-electron chi connectivity index (χ3n) is 4.28. The maximum Gasteiger partial charge on any atom is 0.244 e. The van der Waals surface area contributed by atoms with Gasteiger partial charge >= 0.3 is 0 Å². The van der Waals surface area contributed by atoms with Crippen LogP contribution in [-0.2, 0) is 10.3 Å². The zero-order valence-electron chi connectivity index (χ0n) is 12.2. The van der Waals surface area contributed by atoms with Crippen LogP contribution >= 0.6 is 15.9 Å². The Hall–Kier alpha value is -0.870. The highest BCUT2D eigenvalue weighted by Crippen LogP contribution is 2.49. The lowest BCUT2D eigenvalue weighted by Gasteiger charge is -2.26. The fourth-order valence-corrected chi connectivity index (χ4v) is 2.87. The normalized spacial score (nSPS) is 19.2. The van der Waals surface area contributed by atoms with Gasteiger partial charge in [0.05, 0.1) is 0 Å². The van der Waals surface area contributed by atoms with Crippen LogP contribution in [0.1, 0.15) is 45.1 Å². The van der Waals surface area contributed by atoms with Gasteiger partial charge in [-0.25, -0.2) is 0 Å². The van der Waals surface area contributed by atoms with E-state index in [4.69, 9.17) is 5.73 Å².